The van der Waals surface area contributed by atoms with E-state index in [1.54, 1.807) is 0 Å². The second kappa shape index (κ2) is 6.95. The standard InChI is InChI=1S/C17H28N2O2/c1-13-9-16(21-17(13)10-18-14-6-7-14)12-19(2)11-15-5-3-4-8-20-15/h9,14-15,18H,3-8,10-12H2,1-2H3. The van der Waals surface area contributed by atoms with Crippen LogP contribution in [0.5, 0.6) is 0 Å². The normalized spacial score (nSPS) is 22.9. The zero-order valence-electron chi connectivity index (χ0n) is 13.4. The van der Waals surface area contributed by atoms with Crippen molar-refractivity contribution in [2.24, 2.45) is 0 Å². The van der Waals surface area contributed by atoms with Crippen LogP contribution in [0.1, 0.15) is 49.2 Å². The van der Waals surface area contributed by atoms with E-state index in [1.807, 2.05) is 0 Å². The highest BCUT2D eigenvalue weighted by atomic mass is 16.5. The molecule has 1 N–H and O–H groups in total. The fraction of sp³-hybridized carbons (Fsp3) is 0.765. The molecular weight excluding hydrogens is 264 g/mol. The number of hydrogen-bond donors (Lipinski definition) is 1. The van der Waals surface area contributed by atoms with Crippen molar-refractivity contribution >= 4 is 0 Å². The van der Waals surface area contributed by atoms with E-state index in [0.717, 1.165) is 43.8 Å². The maximum absolute atomic E-state index is 6.01. The van der Waals surface area contributed by atoms with Gasteiger partial charge in [0.25, 0.3) is 0 Å². The number of likely N-dealkylation sites (N-methyl/N-ethyl adjacent to an activating group) is 1. The van der Waals surface area contributed by atoms with Gasteiger partial charge in [-0.05, 0) is 57.7 Å². The molecule has 4 nitrogen and oxygen atoms in total. The number of rotatable bonds is 7. The zero-order valence-corrected chi connectivity index (χ0v) is 13.4. The van der Waals surface area contributed by atoms with E-state index in [9.17, 15) is 0 Å². The number of hydrogen-bond acceptors (Lipinski definition) is 4. The minimum absolute atomic E-state index is 0.399. The molecule has 1 atom stereocenters. The van der Waals surface area contributed by atoms with Crippen molar-refractivity contribution in [3.05, 3.63) is 23.2 Å². The molecule has 2 heterocycles. The lowest BCUT2D eigenvalue weighted by Gasteiger charge is -2.26. The summed E-state index contributed by atoms with van der Waals surface area (Å²) in [5.74, 6) is 2.16. The number of furan rings is 1. The SMILES string of the molecule is Cc1cc(CN(C)CC2CCCCO2)oc1CNC1CC1. The molecule has 0 radical (unpaired) electrons. The van der Waals surface area contributed by atoms with Crippen LogP contribution in [-0.2, 0) is 17.8 Å². The van der Waals surface area contributed by atoms with Gasteiger partial charge in [0.1, 0.15) is 11.5 Å². The highest BCUT2D eigenvalue weighted by molar-refractivity contribution is 5.20. The van der Waals surface area contributed by atoms with E-state index in [-0.39, 0.29) is 0 Å². The summed E-state index contributed by atoms with van der Waals surface area (Å²) in [6.07, 6.45) is 6.74. The molecule has 0 spiro atoms. The summed E-state index contributed by atoms with van der Waals surface area (Å²) in [7, 11) is 2.15. The largest absolute Gasteiger partial charge is 0.463 e. The smallest absolute Gasteiger partial charge is 0.120 e. The highest BCUT2D eigenvalue weighted by Gasteiger charge is 2.21. The van der Waals surface area contributed by atoms with E-state index in [4.69, 9.17) is 9.15 Å². The summed E-state index contributed by atoms with van der Waals surface area (Å²) in [5.41, 5.74) is 1.26. The van der Waals surface area contributed by atoms with Crippen molar-refractivity contribution in [2.45, 2.75) is 64.3 Å². The van der Waals surface area contributed by atoms with Crippen molar-refractivity contribution in [1.82, 2.24) is 10.2 Å². The van der Waals surface area contributed by atoms with Crippen molar-refractivity contribution in [2.75, 3.05) is 20.2 Å². The Hall–Kier alpha value is -0.840. The third kappa shape index (κ3) is 4.56. The maximum atomic E-state index is 6.01. The first kappa shape index (κ1) is 15.1. The molecule has 1 saturated heterocycles. The molecule has 1 aliphatic carbocycles. The number of nitrogens with one attached hydrogen (secondary N) is 1. The second-order valence-corrected chi connectivity index (χ2v) is 6.66. The van der Waals surface area contributed by atoms with Crippen molar-refractivity contribution in [1.29, 1.82) is 0 Å². The zero-order chi connectivity index (χ0) is 14.7. The minimum Gasteiger partial charge on any atom is -0.463 e. The molecule has 118 valence electrons. The molecule has 1 unspecified atom stereocenters. The van der Waals surface area contributed by atoms with Crippen LogP contribution in [-0.4, -0.2) is 37.2 Å². The lowest BCUT2D eigenvalue weighted by Crippen LogP contribution is -2.32. The fourth-order valence-electron chi connectivity index (χ4n) is 3.00. The summed E-state index contributed by atoms with van der Waals surface area (Å²) >= 11 is 0. The lowest BCUT2D eigenvalue weighted by molar-refractivity contribution is -0.00342. The number of aryl methyl sites for hydroxylation is 1. The Balaban J connectivity index is 1.47. The van der Waals surface area contributed by atoms with E-state index < -0.39 is 0 Å². The Morgan fingerprint density at radius 1 is 1.29 bits per heavy atom. The van der Waals surface area contributed by atoms with Gasteiger partial charge in [0.05, 0.1) is 19.2 Å². The fourth-order valence-corrected chi connectivity index (χ4v) is 3.00. The van der Waals surface area contributed by atoms with Crippen LogP contribution in [0.15, 0.2) is 10.5 Å². The van der Waals surface area contributed by atoms with Gasteiger partial charge in [-0.3, -0.25) is 4.90 Å². The van der Waals surface area contributed by atoms with Gasteiger partial charge in [-0.1, -0.05) is 0 Å². The molecule has 1 aromatic heterocycles. The average molecular weight is 292 g/mol. The third-order valence-corrected chi connectivity index (χ3v) is 4.42. The van der Waals surface area contributed by atoms with E-state index in [2.05, 4.69) is 30.3 Å². The molecule has 1 aliphatic heterocycles. The minimum atomic E-state index is 0.399. The summed E-state index contributed by atoms with van der Waals surface area (Å²) in [6, 6.07) is 2.91. The van der Waals surface area contributed by atoms with E-state index in [1.165, 1.54) is 37.7 Å². The van der Waals surface area contributed by atoms with Gasteiger partial charge in [-0.15, -0.1) is 0 Å². The predicted octanol–water partition coefficient (Wildman–Crippen LogP) is 2.84. The third-order valence-electron chi connectivity index (χ3n) is 4.42. The van der Waals surface area contributed by atoms with Crippen LogP contribution < -0.4 is 5.32 Å². The van der Waals surface area contributed by atoms with Crippen LogP contribution in [0.3, 0.4) is 0 Å². The molecule has 4 heteroatoms. The van der Waals surface area contributed by atoms with Crippen molar-refractivity contribution in [3.8, 4) is 0 Å². The van der Waals surface area contributed by atoms with Crippen LogP contribution in [0, 0.1) is 6.92 Å². The summed E-state index contributed by atoms with van der Waals surface area (Å²) in [6.45, 7) is 5.79. The van der Waals surface area contributed by atoms with Crippen LogP contribution >= 0.6 is 0 Å². The topological polar surface area (TPSA) is 37.6 Å². The molecule has 2 aliphatic rings. The molecule has 21 heavy (non-hydrogen) atoms. The molecule has 0 bridgehead atoms. The molecular formula is C17H28N2O2. The van der Waals surface area contributed by atoms with Gasteiger partial charge in [0.2, 0.25) is 0 Å². The number of ether oxygens (including phenoxy) is 1. The van der Waals surface area contributed by atoms with Gasteiger partial charge in [0.15, 0.2) is 0 Å². The van der Waals surface area contributed by atoms with Crippen LogP contribution in [0.4, 0.5) is 0 Å². The summed E-state index contributed by atoms with van der Waals surface area (Å²) in [5, 5.41) is 3.52. The first-order chi connectivity index (χ1) is 10.2. The van der Waals surface area contributed by atoms with Crippen molar-refractivity contribution in [3.63, 3.8) is 0 Å². The Kier molecular flexibility index (Phi) is 4.99. The molecule has 2 fully saturated rings. The number of nitrogens with zero attached hydrogens (tertiary/aromatic N) is 1. The first-order valence-electron chi connectivity index (χ1n) is 8.32. The Morgan fingerprint density at radius 2 is 2.14 bits per heavy atom. The quantitative estimate of drug-likeness (QED) is 0.838. The highest BCUT2D eigenvalue weighted by Crippen LogP contribution is 2.22. The molecule has 3 rings (SSSR count). The Morgan fingerprint density at radius 3 is 2.86 bits per heavy atom. The molecule has 1 aromatic rings. The first-order valence-corrected chi connectivity index (χ1v) is 8.32. The maximum Gasteiger partial charge on any atom is 0.120 e. The van der Waals surface area contributed by atoms with Crippen LogP contribution in [0.25, 0.3) is 0 Å². The van der Waals surface area contributed by atoms with Gasteiger partial charge in [0, 0.05) is 19.2 Å². The summed E-state index contributed by atoms with van der Waals surface area (Å²) < 4.78 is 11.8. The Labute approximate surface area is 127 Å². The van der Waals surface area contributed by atoms with Gasteiger partial charge >= 0.3 is 0 Å². The van der Waals surface area contributed by atoms with E-state index in [0.29, 0.717) is 6.10 Å². The van der Waals surface area contributed by atoms with Crippen LogP contribution in [0.2, 0.25) is 0 Å². The average Bonchev–Trinajstić information content (AvgIpc) is 3.22. The second-order valence-electron chi connectivity index (χ2n) is 6.66. The molecule has 0 aromatic carbocycles. The van der Waals surface area contributed by atoms with Crippen molar-refractivity contribution < 1.29 is 9.15 Å². The predicted molar refractivity (Wildman–Crippen MR) is 83.2 cm³/mol. The summed E-state index contributed by atoms with van der Waals surface area (Å²) in [4.78, 5) is 2.31. The monoisotopic (exact) mass is 292 g/mol. The van der Waals surface area contributed by atoms with Gasteiger partial charge in [-0.2, -0.15) is 0 Å². The van der Waals surface area contributed by atoms with Gasteiger partial charge in [-0.25, -0.2) is 0 Å². The lowest BCUT2D eigenvalue weighted by atomic mass is 10.1. The molecule has 0 amide bonds. The van der Waals surface area contributed by atoms with E-state index >= 15 is 0 Å². The molecule has 1 saturated carbocycles. The van der Waals surface area contributed by atoms with Gasteiger partial charge < -0.3 is 14.5 Å². The Bertz CT molecular complexity index is 448.